The van der Waals surface area contributed by atoms with Gasteiger partial charge in [-0.05, 0) is 67.3 Å². The van der Waals surface area contributed by atoms with Crippen LogP contribution in [0.15, 0.2) is 42.5 Å². The van der Waals surface area contributed by atoms with Gasteiger partial charge in [-0.1, -0.05) is 17.7 Å². The summed E-state index contributed by atoms with van der Waals surface area (Å²) < 4.78 is 26.7. The molecule has 2 fully saturated rings. The summed E-state index contributed by atoms with van der Waals surface area (Å²) >= 11 is 6.12. The molecule has 3 unspecified atom stereocenters. The highest BCUT2D eigenvalue weighted by molar-refractivity contribution is 6.30. The molecular weight excluding hydrogens is 516 g/mol. The molecule has 3 atom stereocenters. The molecule has 2 saturated heterocycles. The highest BCUT2D eigenvalue weighted by Crippen LogP contribution is 2.45. The molecule has 38 heavy (non-hydrogen) atoms. The van der Waals surface area contributed by atoms with Gasteiger partial charge < -0.3 is 25.5 Å². The van der Waals surface area contributed by atoms with Crippen molar-refractivity contribution >= 4 is 29.3 Å². The first-order valence-corrected chi connectivity index (χ1v) is 13.2. The number of hydrogen-bond acceptors (Lipinski definition) is 6. The molecule has 2 aromatic carbocycles. The summed E-state index contributed by atoms with van der Waals surface area (Å²) in [6, 6.07) is 8.71. The van der Waals surface area contributed by atoms with Gasteiger partial charge in [0.15, 0.2) is 0 Å². The number of rotatable bonds is 5. The van der Waals surface area contributed by atoms with Crippen LogP contribution in [0.25, 0.3) is 6.08 Å². The molecule has 10 heteroatoms. The second-order valence-corrected chi connectivity index (χ2v) is 11.1. The lowest BCUT2D eigenvalue weighted by Gasteiger charge is -2.46. The number of β-amino-alcohol motifs (C(OH)–C–C–N with tert-alkyl or cyclic N) is 2. The molecule has 3 aliphatic heterocycles. The Labute approximate surface area is 225 Å². The van der Waals surface area contributed by atoms with E-state index in [1.807, 2.05) is 23.1 Å². The molecule has 7 nitrogen and oxygen atoms in total. The number of hydrogen-bond donors (Lipinski definition) is 4. The lowest BCUT2D eigenvalue weighted by molar-refractivity contribution is -0.141. The maximum Gasteiger partial charge on any atom is 0.246 e. The fraction of sp³-hybridized carbons (Fsp3) is 0.464. The van der Waals surface area contributed by atoms with E-state index in [0.717, 1.165) is 29.4 Å². The minimum Gasteiger partial charge on any atom is -0.391 e. The topological polar surface area (TPSA) is 96.3 Å². The number of aliphatic hydroxyl groups is 3. The molecule has 5 rings (SSSR count). The minimum absolute atomic E-state index is 0.195. The zero-order valence-electron chi connectivity index (χ0n) is 20.9. The van der Waals surface area contributed by atoms with E-state index in [9.17, 15) is 28.9 Å². The Balaban J connectivity index is 1.14. The molecule has 0 radical (unpaired) electrons. The van der Waals surface area contributed by atoms with E-state index in [0.29, 0.717) is 31.1 Å². The molecule has 0 aliphatic carbocycles. The summed E-state index contributed by atoms with van der Waals surface area (Å²) in [4.78, 5) is 16.1. The van der Waals surface area contributed by atoms with Crippen molar-refractivity contribution in [2.75, 3.05) is 44.6 Å². The van der Waals surface area contributed by atoms with Crippen molar-refractivity contribution in [2.24, 2.45) is 0 Å². The number of likely N-dealkylation sites (tertiary alicyclic amines) is 2. The third-order valence-corrected chi connectivity index (χ3v) is 8.59. The van der Waals surface area contributed by atoms with Gasteiger partial charge >= 0.3 is 0 Å². The van der Waals surface area contributed by atoms with Crippen molar-refractivity contribution in [3.63, 3.8) is 0 Å². The number of piperidine rings is 2. The quantitative estimate of drug-likeness (QED) is 0.430. The highest BCUT2D eigenvalue weighted by Gasteiger charge is 2.49. The van der Waals surface area contributed by atoms with Gasteiger partial charge in [0.05, 0.1) is 17.8 Å². The number of benzene rings is 2. The number of carbonyl (C=O) groups is 1. The van der Waals surface area contributed by atoms with Crippen molar-refractivity contribution in [2.45, 2.75) is 42.5 Å². The van der Waals surface area contributed by atoms with E-state index in [2.05, 4.69) is 5.32 Å². The van der Waals surface area contributed by atoms with Gasteiger partial charge in [-0.25, -0.2) is 8.78 Å². The van der Waals surface area contributed by atoms with E-state index in [4.69, 9.17) is 11.6 Å². The Morgan fingerprint density at radius 1 is 1.13 bits per heavy atom. The average Bonchev–Trinajstić information content (AvgIpc) is 3.23. The summed E-state index contributed by atoms with van der Waals surface area (Å²) in [5.41, 5.74) is 0.477. The summed E-state index contributed by atoms with van der Waals surface area (Å²) in [7, 11) is 0. The molecular formula is C28H32ClF2N3O4. The minimum atomic E-state index is -1.36. The van der Waals surface area contributed by atoms with Crippen LogP contribution in [0, 0.1) is 11.6 Å². The largest absolute Gasteiger partial charge is 0.391 e. The first kappa shape index (κ1) is 27.0. The van der Waals surface area contributed by atoms with Crippen molar-refractivity contribution in [1.29, 1.82) is 0 Å². The van der Waals surface area contributed by atoms with Crippen molar-refractivity contribution in [3.8, 4) is 0 Å². The first-order valence-electron chi connectivity index (χ1n) is 12.9. The monoisotopic (exact) mass is 547 g/mol. The third-order valence-electron chi connectivity index (χ3n) is 8.35. The summed E-state index contributed by atoms with van der Waals surface area (Å²) in [6.45, 7) is 2.34. The third kappa shape index (κ3) is 5.31. The van der Waals surface area contributed by atoms with Crippen LogP contribution in [-0.2, 0) is 10.2 Å². The number of carbonyl (C=O) groups excluding carboxylic acids is 1. The Hall–Kier alpha value is -2.56. The van der Waals surface area contributed by atoms with E-state index >= 15 is 0 Å². The maximum atomic E-state index is 13.4. The first-order chi connectivity index (χ1) is 18.1. The van der Waals surface area contributed by atoms with Crippen LogP contribution in [0.1, 0.15) is 30.4 Å². The number of fused-ring (bicyclic) bond motifs is 2. The van der Waals surface area contributed by atoms with Crippen LogP contribution in [0.5, 0.6) is 0 Å². The number of nitrogens with zero attached hydrogens (tertiary/aromatic N) is 2. The predicted octanol–water partition coefficient (Wildman–Crippen LogP) is 2.78. The highest BCUT2D eigenvalue weighted by atomic mass is 35.5. The zero-order chi connectivity index (χ0) is 27.1. The summed E-state index contributed by atoms with van der Waals surface area (Å²) in [5.74, 6) is -1.78. The summed E-state index contributed by atoms with van der Waals surface area (Å²) in [5, 5.41) is 37.3. The molecule has 4 N–H and O–H groups in total. The van der Waals surface area contributed by atoms with Crippen LogP contribution in [0.3, 0.4) is 0 Å². The van der Waals surface area contributed by atoms with Crippen LogP contribution < -0.4 is 5.32 Å². The fourth-order valence-corrected chi connectivity index (χ4v) is 6.14. The van der Waals surface area contributed by atoms with Gasteiger partial charge in [0.25, 0.3) is 0 Å². The number of amides is 1. The number of halogens is 3. The van der Waals surface area contributed by atoms with E-state index in [1.165, 1.54) is 12.2 Å². The lowest BCUT2D eigenvalue weighted by Crippen LogP contribution is -2.59. The second-order valence-electron chi connectivity index (χ2n) is 10.7. The number of nitrogens with one attached hydrogen (secondary N) is 1. The average molecular weight is 548 g/mol. The van der Waals surface area contributed by atoms with Gasteiger partial charge in [-0.3, -0.25) is 9.69 Å². The normalized spacial score (nSPS) is 25.9. The van der Waals surface area contributed by atoms with Gasteiger partial charge in [-0.2, -0.15) is 0 Å². The van der Waals surface area contributed by atoms with Crippen LogP contribution >= 0.6 is 11.6 Å². The van der Waals surface area contributed by atoms with Gasteiger partial charge in [0.1, 0.15) is 11.6 Å². The standard InChI is InChI=1S/C28H32ClF2N3O4/c29-19-2-3-22-23(13-19)32-17-27(22)5-8-33(15-24(27)35)16-25(36)28(38)6-9-34(10-7-28)26(37)4-1-18-11-20(30)14-21(31)12-18/h1-4,11-14,24-25,32,35-36,38H,5-10,15-17H2. The van der Waals surface area contributed by atoms with E-state index in [-0.39, 0.29) is 43.9 Å². The smallest absolute Gasteiger partial charge is 0.246 e. The predicted molar refractivity (Wildman–Crippen MR) is 141 cm³/mol. The maximum absolute atomic E-state index is 13.4. The molecule has 3 heterocycles. The van der Waals surface area contributed by atoms with E-state index < -0.39 is 34.9 Å². The molecule has 0 aromatic heterocycles. The Morgan fingerprint density at radius 2 is 1.84 bits per heavy atom. The van der Waals surface area contributed by atoms with Gasteiger partial charge in [-0.15, -0.1) is 0 Å². The van der Waals surface area contributed by atoms with Crippen LogP contribution in [0.2, 0.25) is 5.02 Å². The van der Waals surface area contributed by atoms with Gasteiger partial charge in [0.2, 0.25) is 5.91 Å². The second kappa shape index (κ2) is 10.5. The summed E-state index contributed by atoms with van der Waals surface area (Å²) in [6.07, 6.45) is 2.01. The molecule has 0 bridgehead atoms. The van der Waals surface area contributed by atoms with Crippen molar-refractivity contribution < 1.29 is 28.9 Å². The van der Waals surface area contributed by atoms with Crippen molar-refractivity contribution in [1.82, 2.24) is 9.80 Å². The molecule has 0 saturated carbocycles. The van der Waals surface area contributed by atoms with E-state index in [1.54, 1.807) is 4.90 Å². The van der Waals surface area contributed by atoms with Crippen molar-refractivity contribution in [3.05, 3.63) is 70.3 Å². The Bertz CT molecular complexity index is 1220. The van der Waals surface area contributed by atoms with Crippen LogP contribution in [0.4, 0.5) is 14.5 Å². The Morgan fingerprint density at radius 3 is 2.53 bits per heavy atom. The number of anilines is 1. The zero-order valence-corrected chi connectivity index (χ0v) is 21.7. The molecule has 2 aromatic rings. The SMILES string of the molecule is O=C(C=Cc1cc(F)cc(F)c1)N1CCC(O)(C(O)CN2CCC3(CNc4cc(Cl)ccc43)C(O)C2)CC1. The Kier molecular flexibility index (Phi) is 7.50. The fourth-order valence-electron chi connectivity index (χ4n) is 5.97. The van der Waals surface area contributed by atoms with Crippen LogP contribution in [-0.4, -0.2) is 88.1 Å². The number of aliphatic hydroxyl groups excluding tert-OH is 2. The molecule has 204 valence electrons. The lowest BCUT2D eigenvalue weighted by atomic mass is 9.72. The molecule has 1 spiro atoms. The molecule has 3 aliphatic rings. The molecule has 1 amide bonds. The van der Waals surface area contributed by atoms with Gasteiger partial charge in [0, 0.05) is 61.0 Å².